The van der Waals surface area contributed by atoms with Gasteiger partial charge in [0.25, 0.3) is 0 Å². The van der Waals surface area contributed by atoms with Gasteiger partial charge in [-0.15, -0.1) is 0 Å². The maximum Gasteiger partial charge on any atom is 0.320 e. The minimum absolute atomic E-state index is 0.00354. The molecule has 2 aromatic rings. The van der Waals surface area contributed by atoms with Crippen molar-refractivity contribution in [1.29, 1.82) is 0 Å². The molecule has 0 spiro atoms. The van der Waals surface area contributed by atoms with Crippen molar-refractivity contribution in [2.45, 2.75) is 18.5 Å². The first kappa shape index (κ1) is 26.2. The molecule has 7 nitrogen and oxygen atoms in total. The Morgan fingerprint density at radius 3 is 2.29 bits per heavy atom. The molecule has 2 heterocycles. The van der Waals surface area contributed by atoms with E-state index >= 15 is 0 Å². The second kappa shape index (κ2) is 10.6. The molecular weight excluding hydrogens is 514 g/mol. The molecule has 4 rings (SSSR count). The van der Waals surface area contributed by atoms with E-state index in [2.05, 4.69) is 4.90 Å². The van der Waals surface area contributed by atoms with E-state index in [1.165, 1.54) is 16.6 Å². The van der Waals surface area contributed by atoms with Crippen molar-refractivity contribution in [3.63, 3.8) is 0 Å². The zero-order valence-corrected chi connectivity index (χ0v) is 22.0. The Balaban J connectivity index is 1.51. The summed E-state index contributed by atoms with van der Waals surface area (Å²) in [6.07, 6.45) is 1.19. The number of likely N-dealkylation sites (N-methyl/N-ethyl adjacent to an activating group) is 1. The van der Waals surface area contributed by atoms with Crippen LogP contribution in [0.15, 0.2) is 42.5 Å². The number of hydrogen-bond donors (Lipinski definition) is 0. The number of carbonyl (C=O) groups is 1. The smallest absolute Gasteiger partial charge is 0.320 e. The number of benzene rings is 2. The molecule has 190 valence electrons. The minimum Gasteiger partial charge on any atom is -0.322 e. The summed E-state index contributed by atoms with van der Waals surface area (Å²) in [5, 5.41) is 0.731. The minimum atomic E-state index is -3.27. The van der Waals surface area contributed by atoms with Gasteiger partial charge in [-0.05, 0) is 42.4 Å². The lowest BCUT2D eigenvalue weighted by atomic mass is 9.93. The lowest BCUT2D eigenvalue weighted by Gasteiger charge is -2.35. The van der Waals surface area contributed by atoms with Crippen LogP contribution in [0.3, 0.4) is 0 Å². The van der Waals surface area contributed by atoms with Gasteiger partial charge in [0.05, 0.1) is 11.3 Å². The highest BCUT2D eigenvalue weighted by molar-refractivity contribution is 7.88. The number of nitrogens with zero attached hydrogens (tertiary/aromatic N) is 4. The van der Waals surface area contributed by atoms with Crippen LogP contribution in [0.2, 0.25) is 10.0 Å². The molecule has 2 saturated heterocycles. The number of urea groups is 1. The van der Waals surface area contributed by atoms with Crippen LogP contribution >= 0.6 is 23.2 Å². The SMILES string of the molecule is CN(Cc1ccc(Cl)c(F)c1)[C@H]1CN(C(=O)N2CCN(S(C)(=O)=O)CC2)C[C@@H]1c1ccc(Cl)cc1. The highest BCUT2D eigenvalue weighted by atomic mass is 35.5. The Kier molecular flexibility index (Phi) is 7.92. The number of rotatable bonds is 5. The highest BCUT2D eigenvalue weighted by Gasteiger charge is 2.40. The standard InChI is InChI=1S/C24H29Cl2FN4O3S/c1-28(14-17-3-8-21(26)22(27)13-17)23-16-30(15-20(23)18-4-6-19(25)7-5-18)24(32)29-9-11-31(12-10-29)35(2,33)34/h3-8,13,20,23H,9-12,14-16H2,1-2H3/t20-,23+/m1/s1. The van der Waals surface area contributed by atoms with Crippen molar-refractivity contribution < 1.29 is 17.6 Å². The van der Waals surface area contributed by atoms with E-state index in [0.29, 0.717) is 50.8 Å². The Morgan fingerprint density at radius 1 is 1.03 bits per heavy atom. The van der Waals surface area contributed by atoms with E-state index in [-0.39, 0.29) is 23.0 Å². The first-order valence-corrected chi connectivity index (χ1v) is 14.0. The zero-order chi connectivity index (χ0) is 25.3. The Hall–Kier alpha value is -1.91. The van der Waals surface area contributed by atoms with Crippen molar-refractivity contribution in [1.82, 2.24) is 19.0 Å². The summed E-state index contributed by atoms with van der Waals surface area (Å²) in [6, 6.07) is 12.4. The Labute approximate surface area is 216 Å². The number of sulfonamides is 1. The molecular formula is C24H29Cl2FN4O3S. The van der Waals surface area contributed by atoms with Crippen LogP contribution in [-0.4, -0.2) is 92.1 Å². The van der Waals surface area contributed by atoms with E-state index in [9.17, 15) is 17.6 Å². The predicted octanol–water partition coefficient (Wildman–Crippen LogP) is 3.73. The van der Waals surface area contributed by atoms with Gasteiger partial charge in [0, 0.05) is 62.8 Å². The molecule has 0 N–H and O–H groups in total. The molecule has 11 heteroatoms. The molecule has 0 aromatic heterocycles. The second-order valence-electron chi connectivity index (χ2n) is 9.23. The molecule has 2 aliphatic heterocycles. The van der Waals surface area contributed by atoms with E-state index in [1.807, 2.05) is 36.2 Å². The van der Waals surface area contributed by atoms with Crippen molar-refractivity contribution >= 4 is 39.3 Å². The molecule has 2 aromatic carbocycles. The van der Waals surface area contributed by atoms with Crippen molar-refractivity contribution in [3.8, 4) is 0 Å². The second-order valence-corrected chi connectivity index (χ2v) is 12.1. The van der Waals surface area contributed by atoms with E-state index < -0.39 is 15.8 Å². The van der Waals surface area contributed by atoms with E-state index in [1.54, 1.807) is 17.0 Å². The quantitative estimate of drug-likeness (QED) is 0.577. The number of likely N-dealkylation sites (tertiary alicyclic amines) is 1. The van der Waals surface area contributed by atoms with Gasteiger partial charge in [-0.3, -0.25) is 4.90 Å². The van der Waals surface area contributed by atoms with Crippen LogP contribution in [0, 0.1) is 5.82 Å². The van der Waals surface area contributed by atoms with Gasteiger partial charge in [0.15, 0.2) is 0 Å². The summed E-state index contributed by atoms with van der Waals surface area (Å²) >= 11 is 11.9. The fraction of sp³-hybridized carbons (Fsp3) is 0.458. The summed E-state index contributed by atoms with van der Waals surface area (Å²) in [6.45, 7) is 2.84. The first-order valence-electron chi connectivity index (χ1n) is 11.4. The topological polar surface area (TPSA) is 64.2 Å². The van der Waals surface area contributed by atoms with Crippen LogP contribution in [0.25, 0.3) is 0 Å². The molecule has 0 bridgehead atoms. The van der Waals surface area contributed by atoms with Crippen molar-refractivity contribution in [3.05, 3.63) is 69.5 Å². The first-order chi connectivity index (χ1) is 16.5. The normalized spacial score (nSPS) is 21.7. The number of carbonyl (C=O) groups excluding carboxylic acids is 1. The third-order valence-corrected chi connectivity index (χ3v) is 8.68. The van der Waals surface area contributed by atoms with E-state index in [0.717, 1.165) is 11.1 Å². The van der Waals surface area contributed by atoms with Gasteiger partial charge in [0.1, 0.15) is 5.82 Å². The molecule has 2 aliphatic rings. The molecule has 0 unspecified atom stereocenters. The lowest BCUT2D eigenvalue weighted by Crippen LogP contribution is -2.53. The van der Waals surface area contributed by atoms with Crippen LogP contribution in [0.5, 0.6) is 0 Å². The van der Waals surface area contributed by atoms with Crippen molar-refractivity contribution in [2.24, 2.45) is 0 Å². The third-order valence-electron chi connectivity index (χ3n) is 6.82. The summed E-state index contributed by atoms with van der Waals surface area (Å²) in [7, 11) is -1.30. The molecule has 0 saturated carbocycles. The van der Waals surface area contributed by atoms with Crippen LogP contribution in [-0.2, 0) is 16.6 Å². The average molecular weight is 543 g/mol. The van der Waals surface area contributed by atoms with Gasteiger partial charge in [0.2, 0.25) is 10.0 Å². The number of piperazine rings is 1. The van der Waals surface area contributed by atoms with Crippen molar-refractivity contribution in [2.75, 3.05) is 52.6 Å². The van der Waals surface area contributed by atoms with Crippen LogP contribution in [0.1, 0.15) is 17.0 Å². The molecule has 2 atom stereocenters. The monoisotopic (exact) mass is 542 g/mol. The molecule has 35 heavy (non-hydrogen) atoms. The van der Waals surface area contributed by atoms with Crippen LogP contribution < -0.4 is 0 Å². The van der Waals surface area contributed by atoms with Gasteiger partial charge in [-0.25, -0.2) is 17.6 Å². The predicted molar refractivity (Wildman–Crippen MR) is 136 cm³/mol. The van der Waals surface area contributed by atoms with Crippen LogP contribution in [0.4, 0.5) is 9.18 Å². The largest absolute Gasteiger partial charge is 0.322 e. The van der Waals surface area contributed by atoms with Gasteiger partial charge in [-0.2, -0.15) is 4.31 Å². The molecule has 0 aliphatic carbocycles. The van der Waals surface area contributed by atoms with Gasteiger partial charge < -0.3 is 9.80 Å². The number of hydrogen-bond acceptors (Lipinski definition) is 4. The van der Waals surface area contributed by atoms with E-state index in [4.69, 9.17) is 23.2 Å². The summed E-state index contributed by atoms with van der Waals surface area (Å²) in [4.78, 5) is 19.1. The third kappa shape index (κ3) is 6.09. The van der Waals surface area contributed by atoms with Gasteiger partial charge in [-0.1, -0.05) is 41.4 Å². The molecule has 2 amide bonds. The maximum absolute atomic E-state index is 14.0. The zero-order valence-electron chi connectivity index (χ0n) is 19.7. The Morgan fingerprint density at radius 2 is 1.69 bits per heavy atom. The maximum atomic E-state index is 14.0. The fourth-order valence-corrected chi connectivity index (χ4v) is 5.95. The highest BCUT2D eigenvalue weighted by Crippen LogP contribution is 2.33. The fourth-order valence-electron chi connectivity index (χ4n) is 4.88. The number of halogens is 3. The summed E-state index contributed by atoms with van der Waals surface area (Å²) in [5.41, 5.74) is 1.87. The molecule has 2 fully saturated rings. The van der Waals surface area contributed by atoms with Gasteiger partial charge >= 0.3 is 6.03 Å². The summed E-state index contributed by atoms with van der Waals surface area (Å²) in [5.74, 6) is -0.418. The lowest BCUT2D eigenvalue weighted by molar-refractivity contribution is 0.138. The number of amides is 2. The molecule has 0 radical (unpaired) electrons. The Bertz CT molecular complexity index is 1170. The average Bonchev–Trinajstić information content (AvgIpc) is 3.27. The summed E-state index contributed by atoms with van der Waals surface area (Å²) < 4.78 is 39.0.